The van der Waals surface area contributed by atoms with E-state index < -0.39 is 12.4 Å². The molecule has 0 saturated carbocycles. The highest BCUT2D eigenvalue weighted by atomic mass is 19.3. The van der Waals surface area contributed by atoms with Crippen LogP contribution < -0.4 is 10.5 Å². The summed E-state index contributed by atoms with van der Waals surface area (Å²) < 4.78 is 33.9. The first-order valence-corrected chi connectivity index (χ1v) is 6.43. The van der Waals surface area contributed by atoms with Gasteiger partial charge < -0.3 is 14.9 Å². The minimum Gasteiger partial charge on any atom is -0.450 e. The number of ketones is 1. The van der Waals surface area contributed by atoms with Crippen molar-refractivity contribution in [2.45, 2.75) is 6.61 Å². The third-order valence-electron chi connectivity index (χ3n) is 3.18. The minimum absolute atomic E-state index is 0.0240. The minimum atomic E-state index is -2.91. The SMILES string of the molecule is Nc1c(C(=O)c2ccc(OC(F)F)cc2)oc2ccccc12. The van der Waals surface area contributed by atoms with E-state index in [-0.39, 0.29) is 22.8 Å². The topological polar surface area (TPSA) is 65.5 Å². The van der Waals surface area contributed by atoms with Gasteiger partial charge in [-0.15, -0.1) is 0 Å². The van der Waals surface area contributed by atoms with Crippen molar-refractivity contribution in [3.8, 4) is 5.75 Å². The fourth-order valence-corrected chi connectivity index (χ4v) is 2.15. The van der Waals surface area contributed by atoms with E-state index in [0.717, 1.165) is 0 Å². The van der Waals surface area contributed by atoms with Crippen LogP contribution in [0.25, 0.3) is 11.0 Å². The van der Waals surface area contributed by atoms with Crippen LogP contribution in [0.3, 0.4) is 0 Å². The molecule has 0 spiro atoms. The van der Waals surface area contributed by atoms with Crippen LogP contribution in [0, 0.1) is 0 Å². The van der Waals surface area contributed by atoms with Gasteiger partial charge in [0.2, 0.25) is 5.78 Å². The molecule has 2 aromatic carbocycles. The van der Waals surface area contributed by atoms with Crippen LogP contribution >= 0.6 is 0 Å². The Hall–Kier alpha value is -2.89. The van der Waals surface area contributed by atoms with Gasteiger partial charge in [0.25, 0.3) is 0 Å². The Balaban J connectivity index is 1.94. The predicted octanol–water partition coefficient (Wildman–Crippen LogP) is 3.85. The number of nitrogen functional groups attached to an aromatic ring is 1. The van der Waals surface area contributed by atoms with E-state index in [2.05, 4.69) is 4.74 Å². The van der Waals surface area contributed by atoms with Crippen molar-refractivity contribution in [3.05, 3.63) is 59.9 Å². The number of fused-ring (bicyclic) bond motifs is 1. The summed E-state index contributed by atoms with van der Waals surface area (Å²) in [4.78, 5) is 12.4. The van der Waals surface area contributed by atoms with E-state index in [1.807, 2.05) is 0 Å². The summed E-state index contributed by atoms with van der Waals surface area (Å²) in [5, 5.41) is 0.656. The zero-order valence-corrected chi connectivity index (χ0v) is 11.3. The summed E-state index contributed by atoms with van der Waals surface area (Å²) in [7, 11) is 0. The summed E-state index contributed by atoms with van der Waals surface area (Å²) in [5.41, 5.74) is 6.98. The Bertz CT molecular complexity index is 825. The molecule has 112 valence electrons. The van der Waals surface area contributed by atoms with Crippen LogP contribution in [0.2, 0.25) is 0 Å². The lowest BCUT2D eigenvalue weighted by atomic mass is 10.1. The molecule has 0 saturated heterocycles. The Morgan fingerprint density at radius 2 is 1.77 bits per heavy atom. The molecule has 0 fully saturated rings. The summed E-state index contributed by atoms with van der Waals surface area (Å²) in [6, 6.07) is 12.4. The molecular formula is C16H11F2NO3. The number of hydrogen-bond donors (Lipinski definition) is 1. The lowest BCUT2D eigenvalue weighted by molar-refractivity contribution is -0.0498. The van der Waals surface area contributed by atoms with Crippen LogP contribution in [0.4, 0.5) is 14.5 Å². The molecule has 0 aliphatic rings. The van der Waals surface area contributed by atoms with Crippen LogP contribution in [-0.2, 0) is 0 Å². The largest absolute Gasteiger partial charge is 0.450 e. The maximum Gasteiger partial charge on any atom is 0.387 e. The van der Waals surface area contributed by atoms with Gasteiger partial charge in [-0.05, 0) is 36.4 Å². The van der Waals surface area contributed by atoms with Crippen LogP contribution in [0.1, 0.15) is 16.1 Å². The van der Waals surface area contributed by atoms with Gasteiger partial charge >= 0.3 is 6.61 Å². The van der Waals surface area contributed by atoms with Crippen LogP contribution in [-0.4, -0.2) is 12.4 Å². The summed E-state index contributed by atoms with van der Waals surface area (Å²) in [6.07, 6.45) is 0. The smallest absolute Gasteiger partial charge is 0.387 e. The summed E-state index contributed by atoms with van der Waals surface area (Å²) in [5.74, 6) is -0.412. The number of halogens is 2. The number of anilines is 1. The van der Waals surface area contributed by atoms with Crippen molar-refractivity contribution in [2.24, 2.45) is 0 Å². The third kappa shape index (κ3) is 2.50. The van der Waals surface area contributed by atoms with Crippen LogP contribution in [0.15, 0.2) is 52.9 Å². The van der Waals surface area contributed by atoms with Crippen LogP contribution in [0.5, 0.6) is 5.75 Å². The number of nitrogens with two attached hydrogens (primary N) is 1. The second kappa shape index (κ2) is 5.48. The van der Waals surface area contributed by atoms with Crippen molar-refractivity contribution in [1.29, 1.82) is 0 Å². The second-order valence-corrected chi connectivity index (χ2v) is 4.57. The first kappa shape index (κ1) is 14.1. The molecule has 0 unspecified atom stereocenters. The molecule has 0 atom stereocenters. The third-order valence-corrected chi connectivity index (χ3v) is 3.18. The number of ether oxygens (including phenoxy) is 1. The molecule has 2 N–H and O–H groups in total. The standard InChI is InChI=1S/C16H11F2NO3/c17-16(18)21-10-7-5-9(6-8-10)14(20)15-13(19)11-3-1-2-4-12(11)22-15/h1-8,16H,19H2. The fourth-order valence-electron chi connectivity index (χ4n) is 2.15. The van der Waals surface area contributed by atoms with Gasteiger partial charge in [-0.2, -0.15) is 8.78 Å². The number of carbonyl (C=O) groups excluding carboxylic acids is 1. The average molecular weight is 303 g/mol. The molecule has 0 bridgehead atoms. The van der Waals surface area contributed by atoms with Crippen molar-refractivity contribution in [1.82, 2.24) is 0 Å². The van der Waals surface area contributed by atoms with Crippen molar-refractivity contribution < 1.29 is 22.7 Å². The molecule has 0 radical (unpaired) electrons. The van der Waals surface area contributed by atoms with Crippen molar-refractivity contribution in [2.75, 3.05) is 5.73 Å². The Morgan fingerprint density at radius 1 is 1.09 bits per heavy atom. The van der Waals surface area contributed by atoms with Crippen molar-refractivity contribution >= 4 is 22.4 Å². The Morgan fingerprint density at radius 3 is 2.41 bits per heavy atom. The van der Waals surface area contributed by atoms with Gasteiger partial charge in [-0.3, -0.25) is 4.79 Å². The summed E-state index contributed by atoms with van der Waals surface area (Å²) >= 11 is 0. The number of carbonyl (C=O) groups is 1. The number of benzene rings is 2. The van der Waals surface area contributed by atoms with E-state index in [0.29, 0.717) is 11.0 Å². The number of hydrogen-bond acceptors (Lipinski definition) is 4. The Kier molecular flexibility index (Phi) is 3.50. The number of furan rings is 1. The monoisotopic (exact) mass is 303 g/mol. The quantitative estimate of drug-likeness (QED) is 0.743. The molecule has 0 amide bonds. The second-order valence-electron chi connectivity index (χ2n) is 4.57. The first-order chi connectivity index (χ1) is 10.6. The molecule has 4 nitrogen and oxygen atoms in total. The molecule has 0 aliphatic carbocycles. The van der Waals surface area contributed by atoms with E-state index in [9.17, 15) is 13.6 Å². The number of alkyl halides is 2. The first-order valence-electron chi connectivity index (χ1n) is 6.43. The molecule has 0 aliphatic heterocycles. The van der Waals surface area contributed by atoms with Gasteiger partial charge in [0.1, 0.15) is 11.3 Å². The van der Waals surface area contributed by atoms with E-state index in [1.54, 1.807) is 24.3 Å². The van der Waals surface area contributed by atoms with E-state index in [4.69, 9.17) is 10.2 Å². The Labute approximate surface area is 124 Å². The fraction of sp³-hybridized carbons (Fsp3) is 0.0625. The predicted molar refractivity (Wildman–Crippen MR) is 77.1 cm³/mol. The number of para-hydroxylation sites is 1. The highest BCUT2D eigenvalue weighted by Crippen LogP contribution is 2.30. The molecular weight excluding hydrogens is 292 g/mol. The molecule has 1 aromatic heterocycles. The van der Waals surface area contributed by atoms with Gasteiger partial charge in [-0.1, -0.05) is 12.1 Å². The highest BCUT2D eigenvalue weighted by Gasteiger charge is 2.20. The molecule has 3 rings (SSSR count). The zero-order valence-electron chi connectivity index (χ0n) is 11.3. The zero-order chi connectivity index (χ0) is 15.7. The van der Waals surface area contributed by atoms with E-state index in [1.165, 1.54) is 24.3 Å². The maximum absolute atomic E-state index is 12.4. The molecule has 1 heterocycles. The number of rotatable bonds is 4. The average Bonchev–Trinajstić information content (AvgIpc) is 2.84. The van der Waals surface area contributed by atoms with E-state index >= 15 is 0 Å². The van der Waals surface area contributed by atoms with Gasteiger partial charge in [0.15, 0.2) is 5.76 Å². The lowest BCUT2D eigenvalue weighted by Gasteiger charge is -2.04. The van der Waals surface area contributed by atoms with Gasteiger partial charge in [0, 0.05) is 10.9 Å². The lowest BCUT2D eigenvalue weighted by Crippen LogP contribution is -2.04. The summed E-state index contributed by atoms with van der Waals surface area (Å²) in [6.45, 7) is -2.91. The molecule has 6 heteroatoms. The normalized spacial score (nSPS) is 11.0. The molecule has 3 aromatic rings. The van der Waals surface area contributed by atoms with Gasteiger partial charge in [-0.25, -0.2) is 0 Å². The highest BCUT2D eigenvalue weighted by molar-refractivity contribution is 6.14. The molecule has 22 heavy (non-hydrogen) atoms. The van der Waals surface area contributed by atoms with Crippen molar-refractivity contribution in [3.63, 3.8) is 0 Å². The van der Waals surface area contributed by atoms with Gasteiger partial charge in [0.05, 0.1) is 5.69 Å². The maximum atomic E-state index is 12.4.